The highest BCUT2D eigenvalue weighted by molar-refractivity contribution is 5.16. The van der Waals surface area contributed by atoms with Gasteiger partial charge in [-0.3, -0.25) is 0 Å². The fraction of sp³-hybridized carbons (Fsp3) is 0.500. The van der Waals surface area contributed by atoms with Gasteiger partial charge in [0.25, 0.3) is 0 Å². The van der Waals surface area contributed by atoms with Crippen molar-refractivity contribution in [3.8, 4) is 0 Å². The molecule has 2 rings (SSSR count). The van der Waals surface area contributed by atoms with Gasteiger partial charge in [0, 0.05) is 0 Å². The van der Waals surface area contributed by atoms with Crippen LogP contribution in [0.1, 0.15) is 51.0 Å². The average Bonchev–Trinajstić information content (AvgIpc) is 2.45. The summed E-state index contributed by atoms with van der Waals surface area (Å²) in [5.74, 6) is 0.797. The molecule has 0 atom stereocenters. The topological polar surface area (TPSA) is 0 Å². The smallest absolute Gasteiger partial charge is 0.0157 e. The molecular weight excluding hydrogens is 216 g/mol. The van der Waals surface area contributed by atoms with Gasteiger partial charge in [0.15, 0.2) is 0 Å². The Bertz CT molecular complexity index is 401. The van der Waals surface area contributed by atoms with Crippen molar-refractivity contribution >= 4 is 0 Å². The predicted molar refractivity (Wildman–Crippen MR) is 78.6 cm³/mol. The van der Waals surface area contributed by atoms with Crippen LogP contribution in [-0.2, 0) is 6.42 Å². The van der Waals surface area contributed by atoms with Crippen molar-refractivity contribution in [3.05, 3.63) is 53.3 Å². The Morgan fingerprint density at radius 1 is 1.17 bits per heavy atom. The summed E-state index contributed by atoms with van der Waals surface area (Å²) < 4.78 is 0. The van der Waals surface area contributed by atoms with Gasteiger partial charge >= 0.3 is 0 Å². The predicted octanol–water partition coefficient (Wildman–Crippen LogP) is 5.30. The molecule has 1 aromatic carbocycles. The monoisotopic (exact) mass is 240 g/mol. The lowest BCUT2D eigenvalue weighted by Crippen LogP contribution is -2.02. The quantitative estimate of drug-likeness (QED) is 0.626. The molecule has 0 heterocycles. The first-order valence-electron chi connectivity index (χ1n) is 7.31. The number of hydrogen-bond acceptors (Lipinski definition) is 0. The number of benzene rings is 1. The van der Waals surface area contributed by atoms with Gasteiger partial charge in [-0.25, -0.2) is 0 Å². The van der Waals surface area contributed by atoms with Gasteiger partial charge in [-0.1, -0.05) is 49.6 Å². The molecule has 96 valence electrons. The average molecular weight is 240 g/mol. The molecule has 1 saturated carbocycles. The maximum Gasteiger partial charge on any atom is -0.0157 e. The van der Waals surface area contributed by atoms with Crippen molar-refractivity contribution in [1.82, 2.24) is 0 Å². The molecule has 1 aliphatic rings. The minimum absolute atomic E-state index is 0.797. The summed E-state index contributed by atoms with van der Waals surface area (Å²) in [4.78, 5) is 0. The van der Waals surface area contributed by atoms with Gasteiger partial charge in [0.05, 0.1) is 0 Å². The molecular formula is C18H24. The van der Waals surface area contributed by atoms with Crippen LogP contribution in [0.15, 0.2) is 47.7 Å². The zero-order valence-electron chi connectivity index (χ0n) is 11.5. The van der Waals surface area contributed by atoms with Crippen LogP contribution in [0.4, 0.5) is 0 Å². The molecule has 1 aliphatic carbocycles. The molecule has 0 nitrogen and oxygen atoms in total. The van der Waals surface area contributed by atoms with Gasteiger partial charge < -0.3 is 0 Å². The van der Waals surface area contributed by atoms with Crippen molar-refractivity contribution in [2.24, 2.45) is 5.92 Å². The van der Waals surface area contributed by atoms with Crippen LogP contribution in [0.2, 0.25) is 0 Å². The molecule has 0 radical (unpaired) electrons. The number of allylic oxidation sites excluding steroid dienone is 1. The highest BCUT2D eigenvalue weighted by Gasteiger charge is 2.09. The number of aryl methyl sites for hydroxylation is 1. The lowest BCUT2D eigenvalue weighted by Gasteiger charge is -2.16. The SMILES string of the molecule is CC(=C=CC1CCCCC1)CCc1ccccc1. The van der Waals surface area contributed by atoms with E-state index in [2.05, 4.69) is 49.1 Å². The van der Waals surface area contributed by atoms with Crippen LogP contribution < -0.4 is 0 Å². The third-order valence-electron chi connectivity index (χ3n) is 3.85. The molecule has 1 fully saturated rings. The molecule has 0 unspecified atom stereocenters. The van der Waals surface area contributed by atoms with Crippen LogP contribution >= 0.6 is 0 Å². The van der Waals surface area contributed by atoms with Gasteiger partial charge in [-0.2, -0.15) is 0 Å². The van der Waals surface area contributed by atoms with Crippen LogP contribution in [0.3, 0.4) is 0 Å². The second kappa shape index (κ2) is 7.24. The van der Waals surface area contributed by atoms with E-state index in [0.29, 0.717) is 0 Å². The first-order valence-corrected chi connectivity index (χ1v) is 7.31. The summed E-state index contributed by atoms with van der Waals surface area (Å²) in [6.45, 7) is 2.21. The van der Waals surface area contributed by atoms with E-state index in [0.717, 1.165) is 18.8 Å². The molecule has 0 amide bonds. The van der Waals surface area contributed by atoms with E-state index in [1.54, 1.807) is 0 Å². The standard InChI is InChI=1S/C18H24/c1-16(12-14-17-8-4-2-5-9-17)13-15-18-10-6-3-7-11-18/h2,4-5,8-9,15,18H,3,6-7,10-12,14H2,1H3. The molecule has 0 aromatic heterocycles. The minimum atomic E-state index is 0.797. The van der Waals surface area contributed by atoms with Crippen LogP contribution in [0.5, 0.6) is 0 Å². The van der Waals surface area contributed by atoms with Gasteiger partial charge in [-0.05, 0) is 55.7 Å². The molecule has 0 spiro atoms. The molecule has 0 aliphatic heterocycles. The zero-order chi connectivity index (χ0) is 12.6. The summed E-state index contributed by atoms with van der Waals surface area (Å²) in [5, 5.41) is 0. The third kappa shape index (κ3) is 4.55. The molecule has 0 N–H and O–H groups in total. The molecule has 1 aromatic rings. The second-order valence-electron chi connectivity index (χ2n) is 5.48. The Kier molecular flexibility index (Phi) is 5.30. The Morgan fingerprint density at radius 3 is 2.61 bits per heavy atom. The van der Waals surface area contributed by atoms with E-state index in [-0.39, 0.29) is 0 Å². The van der Waals surface area contributed by atoms with E-state index < -0.39 is 0 Å². The molecule has 18 heavy (non-hydrogen) atoms. The zero-order valence-corrected chi connectivity index (χ0v) is 11.5. The summed E-state index contributed by atoms with van der Waals surface area (Å²) in [6, 6.07) is 10.7. The van der Waals surface area contributed by atoms with E-state index in [9.17, 15) is 0 Å². The first-order chi connectivity index (χ1) is 8.84. The lowest BCUT2D eigenvalue weighted by molar-refractivity contribution is 0.419. The second-order valence-corrected chi connectivity index (χ2v) is 5.48. The highest BCUT2D eigenvalue weighted by atomic mass is 14.1. The van der Waals surface area contributed by atoms with Crippen LogP contribution in [0, 0.1) is 5.92 Å². The van der Waals surface area contributed by atoms with Crippen LogP contribution in [0.25, 0.3) is 0 Å². The summed E-state index contributed by atoms with van der Waals surface area (Å²) in [5.41, 5.74) is 6.33. The van der Waals surface area contributed by atoms with Gasteiger partial charge in [-0.15, -0.1) is 5.73 Å². The van der Waals surface area contributed by atoms with Crippen molar-refractivity contribution in [2.75, 3.05) is 0 Å². The summed E-state index contributed by atoms with van der Waals surface area (Å²) >= 11 is 0. The Morgan fingerprint density at radius 2 is 1.89 bits per heavy atom. The van der Waals surface area contributed by atoms with E-state index in [1.807, 2.05) is 0 Å². The fourth-order valence-corrected chi connectivity index (χ4v) is 2.61. The van der Waals surface area contributed by atoms with Crippen molar-refractivity contribution in [2.45, 2.75) is 51.9 Å². The third-order valence-corrected chi connectivity index (χ3v) is 3.85. The highest BCUT2D eigenvalue weighted by Crippen LogP contribution is 2.24. The van der Waals surface area contributed by atoms with E-state index >= 15 is 0 Å². The van der Waals surface area contributed by atoms with Gasteiger partial charge in [0.2, 0.25) is 0 Å². The Labute approximate surface area is 111 Å². The fourth-order valence-electron chi connectivity index (χ4n) is 2.61. The Balaban J connectivity index is 1.83. The minimum Gasteiger partial charge on any atom is -0.126 e. The normalized spacial score (nSPS) is 16.1. The molecule has 0 bridgehead atoms. The van der Waals surface area contributed by atoms with E-state index in [1.165, 1.54) is 43.2 Å². The molecule has 0 heteroatoms. The number of rotatable bonds is 4. The maximum atomic E-state index is 3.51. The van der Waals surface area contributed by atoms with E-state index in [4.69, 9.17) is 0 Å². The van der Waals surface area contributed by atoms with Gasteiger partial charge in [0.1, 0.15) is 0 Å². The number of hydrogen-bond donors (Lipinski definition) is 0. The maximum absolute atomic E-state index is 3.51. The van der Waals surface area contributed by atoms with Crippen molar-refractivity contribution in [1.29, 1.82) is 0 Å². The largest absolute Gasteiger partial charge is 0.126 e. The lowest BCUT2D eigenvalue weighted by atomic mass is 9.89. The Hall–Kier alpha value is -1.26. The summed E-state index contributed by atoms with van der Waals surface area (Å²) in [6.07, 6.45) is 11.6. The first kappa shape index (κ1) is 13.2. The van der Waals surface area contributed by atoms with Crippen LogP contribution in [-0.4, -0.2) is 0 Å². The van der Waals surface area contributed by atoms with Crippen molar-refractivity contribution < 1.29 is 0 Å². The summed E-state index contributed by atoms with van der Waals surface area (Å²) in [7, 11) is 0. The molecule has 0 saturated heterocycles. The van der Waals surface area contributed by atoms with Crippen molar-refractivity contribution in [3.63, 3.8) is 0 Å².